The van der Waals surface area contributed by atoms with Gasteiger partial charge in [-0.05, 0) is 42.3 Å². The molecule has 4 atom stereocenters. The molecule has 3 unspecified atom stereocenters. The van der Waals surface area contributed by atoms with Gasteiger partial charge in [0.05, 0.1) is 31.5 Å². The molecule has 152 valence electrons. The molecule has 2 aromatic carbocycles. The van der Waals surface area contributed by atoms with Gasteiger partial charge in [-0.1, -0.05) is 29.8 Å². The van der Waals surface area contributed by atoms with E-state index in [0.29, 0.717) is 24.5 Å². The van der Waals surface area contributed by atoms with Crippen LogP contribution in [0.15, 0.2) is 42.5 Å². The second-order valence-electron chi connectivity index (χ2n) is 6.95. The number of benzene rings is 2. The Morgan fingerprint density at radius 3 is 2.57 bits per heavy atom. The number of hydrogen-bond acceptors (Lipinski definition) is 5. The van der Waals surface area contributed by atoms with Gasteiger partial charge in [0.2, 0.25) is 0 Å². The first-order chi connectivity index (χ1) is 13.5. The highest BCUT2D eigenvalue weighted by molar-refractivity contribution is 6.31. The first kappa shape index (κ1) is 21.1. The van der Waals surface area contributed by atoms with Crippen molar-refractivity contribution in [2.45, 2.75) is 44.2 Å². The molecule has 1 aliphatic heterocycles. The third-order valence-corrected chi connectivity index (χ3v) is 5.33. The smallest absolute Gasteiger partial charge is 0.119 e. The Morgan fingerprint density at radius 1 is 1.18 bits per heavy atom. The molecule has 0 bridgehead atoms. The first-order valence-corrected chi connectivity index (χ1v) is 9.92. The molecular weight excluding hydrogens is 380 g/mol. The second kappa shape index (κ2) is 9.72. The summed E-state index contributed by atoms with van der Waals surface area (Å²) < 4.78 is 17.2. The average Bonchev–Trinajstić information content (AvgIpc) is 2.70. The standard InChI is InChI=1S/C22H27ClO5/c1-3-27-17-7-4-14(5-8-17)22(26-2)19-10-15(6-9-20(19)23)21-12-16(25)11-18(13-24)28-21/h4-10,16,18,21-22,24-25H,3,11-13H2,1-2H3/t16?,18?,21-,22?/m1/s1. The molecule has 1 fully saturated rings. The van der Waals surface area contributed by atoms with Gasteiger partial charge in [-0.2, -0.15) is 0 Å². The number of hydrogen-bond donors (Lipinski definition) is 2. The van der Waals surface area contributed by atoms with E-state index in [1.165, 1.54) is 0 Å². The van der Waals surface area contributed by atoms with Crippen LogP contribution >= 0.6 is 11.6 Å². The van der Waals surface area contributed by atoms with Crippen molar-refractivity contribution in [1.29, 1.82) is 0 Å². The van der Waals surface area contributed by atoms with E-state index >= 15 is 0 Å². The predicted octanol–water partition coefficient (Wildman–Crippen LogP) is 4.05. The Balaban J connectivity index is 1.88. The zero-order valence-corrected chi connectivity index (χ0v) is 16.9. The third kappa shape index (κ3) is 4.85. The topological polar surface area (TPSA) is 68.2 Å². The second-order valence-corrected chi connectivity index (χ2v) is 7.36. The Hall–Kier alpha value is -1.63. The van der Waals surface area contributed by atoms with Crippen molar-refractivity contribution >= 4 is 11.6 Å². The van der Waals surface area contributed by atoms with E-state index in [0.717, 1.165) is 22.4 Å². The Morgan fingerprint density at radius 2 is 1.93 bits per heavy atom. The Labute approximate surface area is 170 Å². The molecule has 5 nitrogen and oxygen atoms in total. The van der Waals surface area contributed by atoms with Crippen LogP contribution in [0.4, 0.5) is 0 Å². The highest BCUT2D eigenvalue weighted by Gasteiger charge is 2.30. The van der Waals surface area contributed by atoms with Gasteiger partial charge in [0.1, 0.15) is 11.9 Å². The van der Waals surface area contributed by atoms with Crippen LogP contribution in [0, 0.1) is 0 Å². The monoisotopic (exact) mass is 406 g/mol. The van der Waals surface area contributed by atoms with E-state index in [1.807, 2.05) is 49.4 Å². The zero-order chi connectivity index (χ0) is 20.1. The minimum atomic E-state index is -0.501. The quantitative estimate of drug-likeness (QED) is 0.726. The fourth-order valence-electron chi connectivity index (χ4n) is 3.63. The number of rotatable bonds is 7. The summed E-state index contributed by atoms with van der Waals surface area (Å²) in [6.07, 6.45) is -0.574. The van der Waals surface area contributed by atoms with Gasteiger partial charge in [0, 0.05) is 30.5 Å². The van der Waals surface area contributed by atoms with E-state index < -0.39 is 6.10 Å². The van der Waals surface area contributed by atoms with Crippen molar-refractivity contribution in [2.24, 2.45) is 0 Å². The number of aliphatic hydroxyl groups excluding tert-OH is 2. The lowest BCUT2D eigenvalue weighted by molar-refractivity contribution is -0.113. The minimum absolute atomic E-state index is 0.110. The summed E-state index contributed by atoms with van der Waals surface area (Å²) >= 11 is 6.49. The largest absolute Gasteiger partial charge is 0.494 e. The molecule has 6 heteroatoms. The van der Waals surface area contributed by atoms with Crippen LogP contribution in [-0.2, 0) is 9.47 Å². The lowest BCUT2D eigenvalue weighted by atomic mass is 9.93. The lowest BCUT2D eigenvalue weighted by Crippen LogP contribution is -2.33. The van der Waals surface area contributed by atoms with E-state index in [-0.39, 0.29) is 24.9 Å². The average molecular weight is 407 g/mol. The summed E-state index contributed by atoms with van der Waals surface area (Å²) in [5.74, 6) is 0.806. The van der Waals surface area contributed by atoms with Gasteiger partial charge in [0.25, 0.3) is 0 Å². The van der Waals surface area contributed by atoms with Crippen molar-refractivity contribution in [3.8, 4) is 5.75 Å². The summed E-state index contributed by atoms with van der Waals surface area (Å²) in [5.41, 5.74) is 2.70. The normalized spacial score (nSPS) is 23.4. The fraction of sp³-hybridized carbons (Fsp3) is 0.455. The van der Waals surface area contributed by atoms with Crippen LogP contribution < -0.4 is 4.74 Å². The maximum Gasteiger partial charge on any atom is 0.119 e. The van der Waals surface area contributed by atoms with Crippen LogP contribution in [0.1, 0.15) is 48.7 Å². The van der Waals surface area contributed by atoms with Crippen LogP contribution in [0.2, 0.25) is 5.02 Å². The Kier molecular flexibility index (Phi) is 7.32. The summed E-state index contributed by atoms with van der Waals surface area (Å²) in [5, 5.41) is 20.1. The molecule has 1 saturated heterocycles. The fourth-order valence-corrected chi connectivity index (χ4v) is 3.85. The lowest BCUT2D eigenvalue weighted by Gasteiger charge is -2.33. The van der Waals surface area contributed by atoms with Gasteiger partial charge in [-0.15, -0.1) is 0 Å². The molecule has 2 N–H and O–H groups in total. The van der Waals surface area contributed by atoms with Crippen molar-refractivity contribution in [2.75, 3.05) is 20.3 Å². The van der Waals surface area contributed by atoms with E-state index in [1.54, 1.807) is 7.11 Å². The Bertz CT molecular complexity index is 764. The molecule has 0 aliphatic carbocycles. The van der Waals surface area contributed by atoms with Crippen LogP contribution in [0.5, 0.6) is 5.75 Å². The molecule has 2 aromatic rings. The van der Waals surface area contributed by atoms with Gasteiger partial charge in [-0.3, -0.25) is 0 Å². The van der Waals surface area contributed by atoms with E-state index in [2.05, 4.69) is 0 Å². The van der Waals surface area contributed by atoms with Crippen LogP contribution in [0.3, 0.4) is 0 Å². The third-order valence-electron chi connectivity index (χ3n) is 4.99. The van der Waals surface area contributed by atoms with Crippen molar-refractivity contribution in [1.82, 2.24) is 0 Å². The van der Waals surface area contributed by atoms with Gasteiger partial charge < -0.3 is 24.4 Å². The van der Waals surface area contributed by atoms with Crippen molar-refractivity contribution in [3.05, 3.63) is 64.2 Å². The molecule has 0 amide bonds. The molecule has 28 heavy (non-hydrogen) atoms. The number of ether oxygens (including phenoxy) is 3. The van der Waals surface area contributed by atoms with Crippen molar-refractivity contribution < 1.29 is 24.4 Å². The van der Waals surface area contributed by atoms with E-state index in [4.69, 9.17) is 25.8 Å². The molecule has 3 rings (SSSR count). The molecule has 0 radical (unpaired) electrons. The SMILES string of the molecule is CCOc1ccc(C(OC)c2cc([C@H]3CC(O)CC(CO)O3)ccc2Cl)cc1. The summed E-state index contributed by atoms with van der Waals surface area (Å²) in [6, 6.07) is 13.4. The molecule has 1 heterocycles. The predicted molar refractivity (Wildman–Crippen MR) is 108 cm³/mol. The molecule has 0 saturated carbocycles. The molecular formula is C22H27ClO5. The number of halogens is 1. The number of aliphatic hydroxyl groups is 2. The van der Waals surface area contributed by atoms with Gasteiger partial charge in [-0.25, -0.2) is 0 Å². The van der Waals surface area contributed by atoms with Crippen LogP contribution in [0.25, 0.3) is 0 Å². The highest BCUT2D eigenvalue weighted by Crippen LogP contribution is 2.37. The van der Waals surface area contributed by atoms with Crippen molar-refractivity contribution in [3.63, 3.8) is 0 Å². The first-order valence-electron chi connectivity index (χ1n) is 9.55. The minimum Gasteiger partial charge on any atom is -0.494 e. The molecule has 0 aromatic heterocycles. The maximum absolute atomic E-state index is 10.1. The number of methoxy groups -OCH3 is 1. The molecule has 1 aliphatic rings. The summed E-state index contributed by atoms with van der Waals surface area (Å²) in [7, 11) is 1.65. The summed E-state index contributed by atoms with van der Waals surface area (Å²) in [6.45, 7) is 2.45. The summed E-state index contributed by atoms with van der Waals surface area (Å²) in [4.78, 5) is 0. The zero-order valence-electron chi connectivity index (χ0n) is 16.2. The molecule has 0 spiro atoms. The maximum atomic E-state index is 10.1. The highest BCUT2D eigenvalue weighted by atomic mass is 35.5. The van der Waals surface area contributed by atoms with E-state index in [9.17, 15) is 10.2 Å². The van der Waals surface area contributed by atoms with Gasteiger partial charge in [0.15, 0.2) is 0 Å². The van der Waals surface area contributed by atoms with Gasteiger partial charge >= 0.3 is 0 Å². The van der Waals surface area contributed by atoms with Crippen LogP contribution in [-0.4, -0.2) is 42.7 Å².